The van der Waals surface area contributed by atoms with E-state index >= 15 is 0 Å². The Kier molecular flexibility index (Phi) is 44.6. The summed E-state index contributed by atoms with van der Waals surface area (Å²) in [5.74, 6) is -2.25. The summed E-state index contributed by atoms with van der Waals surface area (Å²) in [5.41, 5.74) is 0. The van der Waals surface area contributed by atoms with Gasteiger partial charge in [0.25, 0.3) is 0 Å². The number of carbonyl (C=O) groups excluding carboxylic acids is 3. The van der Waals surface area contributed by atoms with Crippen molar-refractivity contribution < 1.29 is 42.9 Å². The van der Waals surface area contributed by atoms with Crippen molar-refractivity contribution in [3.05, 3.63) is 0 Å². The second-order valence-corrected chi connectivity index (χ2v) is 19.5. The van der Waals surface area contributed by atoms with Gasteiger partial charge in [0.05, 0.1) is 40.3 Å². The standard InChI is InChI=1S/C53H103NO8/c1-6-8-10-12-14-16-18-20-22-24-26-28-30-32-34-36-38-40-42-44-51(56)62-49(48-61-53(52(57)58)59-46-45-54(3,4)5)47-60-50(55)43-41-39-37-35-33-31-29-27-25-23-21-19-17-15-13-11-9-7-2/h49,53H,6-48H2,1-5H3. The molecule has 0 aliphatic carbocycles. The molecule has 368 valence electrons. The molecule has 9 heteroatoms. The lowest BCUT2D eigenvalue weighted by Gasteiger charge is -2.26. The van der Waals surface area contributed by atoms with Crippen molar-refractivity contribution in [1.82, 2.24) is 0 Å². The van der Waals surface area contributed by atoms with E-state index in [1.165, 1.54) is 199 Å². The monoisotopic (exact) mass is 882 g/mol. The van der Waals surface area contributed by atoms with Gasteiger partial charge in [0, 0.05) is 12.8 Å². The molecule has 0 amide bonds. The quantitative estimate of drug-likeness (QED) is 0.0257. The Hall–Kier alpha value is -1.71. The predicted octanol–water partition coefficient (Wildman–Crippen LogP) is 13.5. The SMILES string of the molecule is CCCCCCCCCCCCCCCCCCCCCC(=O)OC(COC(=O)CCCCCCCCCCCCCCCCCCCC)COC(OCC[N+](C)(C)C)C(=O)[O-]. The number of esters is 2. The molecule has 0 aromatic heterocycles. The summed E-state index contributed by atoms with van der Waals surface area (Å²) in [5, 5.41) is 11.7. The first-order valence-electron chi connectivity index (χ1n) is 26.7. The maximum Gasteiger partial charge on any atom is 0.306 e. The molecular formula is C53H103NO8. The molecule has 0 radical (unpaired) electrons. The van der Waals surface area contributed by atoms with E-state index in [-0.39, 0.29) is 32.2 Å². The highest BCUT2D eigenvalue weighted by Gasteiger charge is 2.22. The molecule has 0 saturated heterocycles. The van der Waals surface area contributed by atoms with Gasteiger partial charge in [-0.3, -0.25) is 9.59 Å². The zero-order chi connectivity index (χ0) is 45.6. The van der Waals surface area contributed by atoms with Crippen LogP contribution in [0, 0.1) is 0 Å². The van der Waals surface area contributed by atoms with E-state index in [1.807, 2.05) is 21.1 Å². The van der Waals surface area contributed by atoms with Crippen molar-refractivity contribution in [2.24, 2.45) is 0 Å². The van der Waals surface area contributed by atoms with Gasteiger partial charge in [-0.2, -0.15) is 0 Å². The zero-order valence-corrected chi connectivity index (χ0v) is 41.8. The third-order valence-electron chi connectivity index (χ3n) is 12.1. The normalized spacial score (nSPS) is 12.7. The molecular weight excluding hydrogens is 779 g/mol. The number of unbranched alkanes of at least 4 members (excludes halogenated alkanes) is 35. The van der Waals surface area contributed by atoms with Gasteiger partial charge in [0.15, 0.2) is 12.4 Å². The highest BCUT2D eigenvalue weighted by Crippen LogP contribution is 2.17. The number of likely N-dealkylation sites (N-methyl/N-ethyl adjacent to an activating group) is 1. The van der Waals surface area contributed by atoms with Crippen molar-refractivity contribution in [2.45, 2.75) is 277 Å². The number of carbonyl (C=O) groups is 3. The number of aliphatic carboxylic acids is 1. The van der Waals surface area contributed by atoms with Crippen LogP contribution in [0.25, 0.3) is 0 Å². The predicted molar refractivity (Wildman–Crippen MR) is 256 cm³/mol. The summed E-state index contributed by atoms with van der Waals surface area (Å²) >= 11 is 0. The molecule has 0 fully saturated rings. The van der Waals surface area contributed by atoms with E-state index in [1.54, 1.807) is 0 Å². The fourth-order valence-corrected chi connectivity index (χ4v) is 7.95. The van der Waals surface area contributed by atoms with E-state index in [9.17, 15) is 19.5 Å². The molecule has 2 unspecified atom stereocenters. The average Bonchev–Trinajstić information content (AvgIpc) is 3.23. The van der Waals surface area contributed by atoms with Crippen LogP contribution in [-0.4, -0.2) is 82.3 Å². The third-order valence-corrected chi connectivity index (χ3v) is 12.1. The average molecular weight is 882 g/mol. The number of hydrogen-bond donors (Lipinski definition) is 0. The van der Waals surface area contributed by atoms with Crippen LogP contribution in [0.15, 0.2) is 0 Å². The second-order valence-electron chi connectivity index (χ2n) is 19.5. The lowest BCUT2D eigenvalue weighted by Crippen LogP contribution is -2.44. The molecule has 62 heavy (non-hydrogen) atoms. The van der Waals surface area contributed by atoms with Gasteiger partial charge in [-0.05, 0) is 12.8 Å². The summed E-state index contributed by atoms with van der Waals surface area (Å²) in [7, 11) is 5.93. The smallest absolute Gasteiger partial charge is 0.306 e. The fourth-order valence-electron chi connectivity index (χ4n) is 7.95. The van der Waals surface area contributed by atoms with Crippen molar-refractivity contribution >= 4 is 17.9 Å². The lowest BCUT2D eigenvalue weighted by molar-refractivity contribution is -0.870. The highest BCUT2D eigenvalue weighted by atomic mass is 16.7. The fraction of sp³-hybridized carbons (Fsp3) is 0.943. The van der Waals surface area contributed by atoms with Crippen molar-refractivity contribution in [3.8, 4) is 0 Å². The Balaban J connectivity index is 4.26. The van der Waals surface area contributed by atoms with Gasteiger partial charge in [0.2, 0.25) is 0 Å². The molecule has 0 aromatic carbocycles. The second kappa shape index (κ2) is 45.8. The van der Waals surface area contributed by atoms with E-state index in [0.717, 1.165) is 38.5 Å². The van der Waals surface area contributed by atoms with Gasteiger partial charge in [-0.25, -0.2) is 0 Å². The highest BCUT2D eigenvalue weighted by molar-refractivity contribution is 5.70. The van der Waals surface area contributed by atoms with Crippen LogP contribution in [0.4, 0.5) is 0 Å². The van der Waals surface area contributed by atoms with E-state index in [2.05, 4.69) is 13.8 Å². The van der Waals surface area contributed by atoms with E-state index in [0.29, 0.717) is 17.4 Å². The topological polar surface area (TPSA) is 111 Å². The number of hydrogen-bond acceptors (Lipinski definition) is 8. The number of nitrogens with zero attached hydrogens (tertiary/aromatic N) is 1. The summed E-state index contributed by atoms with van der Waals surface area (Å²) < 4.78 is 22.7. The number of carboxylic acids is 1. The van der Waals surface area contributed by atoms with Crippen molar-refractivity contribution in [3.63, 3.8) is 0 Å². The molecule has 0 bridgehead atoms. The number of ether oxygens (including phenoxy) is 4. The van der Waals surface area contributed by atoms with Gasteiger partial charge in [-0.1, -0.05) is 239 Å². The molecule has 9 nitrogen and oxygen atoms in total. The first-order chi connectivity index (χ1) is 30.1. The van der Waals surface area contributed by atoms with Gasteiger partial charge < -0.3 is 33.3 Å². The largest absolute Gasteiger partial charge is 0.545 e. The van der Waals surface area contributed by atoms with E-state index < -0.39 is 24.3 Å². The minimum Gasteiger partial charge on any atom is -0.545 e. The Bertz CT molecular complexity index is 985. The lowest BCUT2D eigenvalue weighted by atomic mass is 10.0. The van der Waals surface area contributed by atoms with Gasteiger partial charge in [-0.15, -0.1) is 0 Å². The van der Waals surface area contributed by atoms with Crippen LogP contribution < -0.4 is 5.11 Å². The molecule has 0 aliphatic rings. The summed E-state index contributed by atoms with van der Waals surface area (Å²) in [4.78, 5) is 37.2. The molecule has 0 N–H and O–H groups in total. The zero-order valence-electron chi connectivity index (χ0n) is 41.8. The molecule has 0 rings (SSSR count). The maximum absolute atomic E-state index is 12.8. The van der Waals surface area contributed by atoms with Crippen LogP contribution in [0.1, 0.15) is 264 Å². The van der Waals surface area contributed by atoms with Crippen LogP contribution in [-0.2, 0) is 33.3 Å². The van der Waals surface area contributed by atoms with E-state index in [4.69, 9.17) is 18.9 Å². The van der Waals surface area contributed by atoms with Crippen molar-refractivity contribution in [2.75, 3.05) is 47.5 Å². The molecule has 0 aromatic rings. The Morgan fingerprint density at radius 1 is 0.419 bits per heavy atom. The minimum absolute atomic E-state index is 0.153. The van der Waals surface area contributed by atoms with Crippen LogP contribution in [0.5, 0.6) is 0 Å². The van der Waals surface area contributed by atoms with Crippen LogP contribution >= 0.6 is 0 Å². The minimum atomic E-state index is -1.61. The van der Waals surface area contributed by atoms with Crippen LogP contribution in [0.3, 0.4) is 0 Å². The Labute approximate surface area is 383 Å². The molecule has 0 heterocycles. The number of carboxylic acid groups (broad SMARTS) is 1. The number of quaternary nitrogens is 1. The first kappa shape index (κ1) is 60.3. The molecule has 0 spiro atoms. The molecule has 2 atom stereocenters. The third kappa shape index (κ3) is 46.3. The van der Waals surface area contributed by atoms with Gasteiger partial charge >= 0.3 is 11.9 Å². The summed E-state index contributed by atoms with van der Waals surface area (Å²) in [6.07, 6.45) is 45.6. The maximum atomic E-state index is 12.8. The van der Waals surface area contributed by atoms with Crippen LogP contribution in [0.2, 0.25) is 0 Å². The molecule has 0 aliphatic heterocycles. The van der Waals surface area contributed by atoms with Crippen molar-refractivity contribution in [1.29, 1.82) is 0 Å². The molecule has 0 saturated carbocycles. The Morgan fingerprint density at radius 3 is 1.03 bits per heavy atom. The summed E-state index contributed by atoms with van der Waals surface area (Å²) in [6.45, 7) is 4.81. The Morgan fingerprint density at radius 2 is 0.726 bits per heavy atom. The van der Waals surface area contributed by atoms with Gasteiger partial charge in [0.1, 0.15) is 13.2 Å². The number of rotatable bonds is 50. The first-order valence-corrected chi connectivity index (χ1v) is 26.7. The summed E-state index contributed by atoms with van der Waals surface area (Å²) in [6, 6.07) is 0.